The van der Waals surface area contributed by atoms with Crippen molar-refractivity contribution in [2.45, 2.75) is 26.7 Å². The Hall–Kier alpha value is -2.92. The van der Waals surface area contributed by atoms with Crippen LogP contribution in [0.15, 0.2) is 54.1 Å². The molecule has 3 amide bonds. The maximum Gasteiger partial charge on any atom is 0.255 e. The number of carbonyl (C=O) groups excluding carboxylic acids is 3. The summed E-state index contributed by atoms with van der Waals surface area (Å²) in [5, 5.41) is 3.38. The average Bonchev–Trinajstić information content (AvgIpc) is 2.94. The number of hydrogen-bond donors (Lipinski definition) is 1. The molecule has 0 saturated carbocycles. The maximum absolute atomic E-state index is 12.8. The monoisotopic (exact) mass is 408 g/mol. The Kier molecular flexibility index (Phi) is 5.01. The van der Waals surface area contributed by atoms with Gasteiger partial charge in [-0.25, -0.2) is 0 Å². The van der Waals surface area contributed by atoms with Crippen molar-refractivity contribution in [3.05, 3.63) is 70.3 Å². The molecule has 1 N–H and O–H groups in total. The predicted molar refractivity (Wildman–Crippen MR) is 113 cm³/mol. The third-order valence-electron chi connectivity index (χ3n) is 5.66. The van der Waals surface area contributed by atoms with E-state index < -0.39 is 0 Å². The van der Waals surface area contributed by atoms with Gasteiger partial charge in [0.25, 0.3) is 5.91 Å². The first-order valence-corrected chi connectivity index (χ1v) is 9.94. The van der Waals surface area contributed by atoms with Gasteiger partial charge in [0.2, 0.25) is 11.8 Å². The van der Waals surface area contributed by atoms with Gasteiger partial charge in [-0.2, -0.15) is 0 Å². The number of halogens is 1. The fraction of sp³-hybridized carbons (Fsp3) is 0.261. The largest absolute Gasteiger partial charge is 0.322 e. The Bertz CT molecular complexity index is 1040. The summed E-state index contributed by atoms with van der Waals surface area (Å²) in [6.45, 7) is 3.88. The molecule has 2 atom stereocenters. The molecular formula is C23H21ClN2O3. The fourth-order valence-electron chi connectivity index (χ4n) is 3.98. The van der Waals surface area contributed by atoms with E-state index in [0.29, 0.717) is 34.8 Å². The Morgan fingerprint density at radius 2 is 1.72 bits per heavy atom. The van der Waals surface area contributed by atoms with Crippen molar-refractivity contribution in [2.24, 2.45) is 11.8 Å². The van der Waals surface area contributed by atoms with Crippen LogP contribution in [-0.4, -0.2) is 17.7 Å². The molecule has 2 aromatic carbocycles. The van der Waals surface area contributed by atoms with Gasteiger partial charge < -0.3 is 5.32 Å². The Balaban J connectivity index is 1.52. The number of imide groups is 1. The molecule has 148 valence electrons. The quantitative estimate of drug-likeness (QED) is 0.588. The molecule has 1 aliphatic carbocycles. The van der Waals surface area contributed by atoms with E-state index in [0.717, 1.165) is 11.1 Å². The summed E-state index contributed by atoms with van der Waals surface area (Å²) in [6, 6.07) is 11.8. The van der Waals surface area contributed by atoms with E-state index >= 15 is 0 Å². The molecule has 1 aliphatic heterocycles. The second kappa shape index (κ2) is 7.48. The first-order valence-electron chi connectivity index (χ1n) is 9.56. The van der Waals surface area contributed by atoms with Crippen LogP contribution in [0.3, 0.4) is 0 Å². The Morgan fingerprint density at radius 3 is 2.45 bits per heavy atom. The third-order valence-corrected chi connectivity index (χ3v) is 5.89. The van der Waals surface area contributed by atoms with Crippen molar-refractivity contribution >= 4 is 40.7 Å². The lowest BCUT2D eigenvalue weighted by Gasteiger charge is -2.18. The van der Waals surface area contributed by atoms with E-state index in [1.807, 2.05) is 26.0 Å². The zero-order chi connectivity index (χ0) is 20.7. The van der Waals surface area contributed by atoms with Crippen molar-refractivity contribution in [1.29, 1.82) is 0 Å². The molecule has 0 spiro atoms. The molecule has 0 bridgehead atoms. The van der Waals surface area contributed by atoms with E-state index in [1.165, 1.54) is 4.90 Å². The van der Waals surface area contributed by atoms with Gasteiger partial charge in [0.1, 0.15) is 0 Å². The van der Waals surface area contributed by atoms with Crippen molar-refractivity contribution in [3.8, 4) is 0 Å². The highest BCUT2D eigenvalue weighted by atomic mass is 35.5. The Labute approximate surface area is 174 Å². The van der Waals surface area contributed by atoms with Crippen molar-refractivity contribution in [1.82, 2.24) is 0 Å². The van der Waals surface area contributed by atoms with Crippen LogP contribution in [0, 0.1) is 18.8 Å². The molecule has 0 unspecified atom stereocenters. The molecule has 0 radical (unpaired) electrons. The topological polar surface area (TPSA) is 66.5 Å². The molecule has 2 aliphatic rings. The molecule has 6 heteroatoms. The van der Waals surface area contributed by atoms with E-state index in [-0.39, 0.29) is 29.6 Å². The second-order valence-corrected chi connectivity index (χ2v) is 8.11. The smallest absolute Gasteiger partial charge is 0.255 e. The highest BCUT2D eigenvalue weighted by Gasteiger charge is 2.48. The summed E-state index contributed by atoms with van der Waals surface area (Å²) >= 11 is 6.00. The van der Waals surface area contributed by atoms with Crippen LogP contribution in [0.1, 0.15) is 35.7 Å². The minimum Gasteiger partial charge on any atom is -0.322 e. The number of carbonyl (C=O) groups is 3. The highest BCUT2D eigenvalue weighted by molar-refractivity contribution is 6.31. The standard InChI is InChI=1S/C23H21ClN2O3/c1-13-3-10-18-19(11-13)23(29)26(22(18)28)17-8-5-15(6-9-17)21(27)25-20-12-16(24)7-4-14(20)2/h3-9,12,18-19H,10-11H2,1-2H3,(H,25,27)/t18-,19-/m0/s1. The molecule has 4 rings (SSSR count). The molecule has 29 heavy (non-hydrogen) atoms. The van der Waals surface area contributed by atoms with Crippen LogP contribution < -0.4 is 10.2 Å². The van der Waals surface area contributed by atoms with Gasteiger partial charge in [-0.1, -0.05) is 29.3 Å². The summed E-state index contributed by atoms with van der Waals surface area (Å²) in [4.78, 5) is 39.4. The lowest BCUT2D eigenvalue weighted by molar-refractivity contribution is -0.122. The predicted octanol–water partition coefficient (Wildman–Crippen LogP) is 4.75. The number of anilines is 2. The molecule has 1 saturated heterocycles. The van der Waals surface area contributed by atoms with Crippen LogP contribution in [-0.2, 0) is 9.59 Å². The number of rotatable bonds is 3. The lowest BCUT2D eigenvalue weighted by Crippen LogP contribution is -2.30. The SMILES string of the molecule is CC1=CC[C@@H]2C(=O)N(c3ccc(C(=O)Nc4cc(Cl)ccc4C)cc3)C(=O)[C@H]2C1. The van der Waals surface area contributed by atoms with Gasteiger partial charge in [0.05, 0.1) is 17.5 Å². The minimum atomic E-state index is -0.283. The minimum absolute atomic E-state index is 0.154. The zero-order valence-corrected chi connectivity index (χ0v) is 17.0. The number of aryl methyl sites for hydroxylation is 1. The average molecular weight is 409 g/mol. The van der Waals surface area contributed by atoms with Crippen LogP contribution in [0.4, 0.5) is 11.4 Å². The summed E-state index contributed by atoms with van der Waals surface area (Å²) in [5.74, 6) is -1.15. The first kappa shape index (κ1) is 19.4. The van der Waals surface area contributed by atoms with Crippen molar-refractivity contribution in [2.75, 3.05) is 10.2 Å². The van der Waals surface area contributed by atoms with Gasteiger partial charge in [-0.3, -0.25) is 19.3 Å². The maximum atomic E-state index is 12.8. The van der Waals surface area contributed by atoms with Crippen molar-refractivity contribution < 1.29 is 14.4 Å². The van der Waals surface area contributed by atoms with Crippen molar-refractivity contribution in [3.63, 3.8) is 0 Å². The van der Waals surface area contributed by atoms with E-state index in [1.54, 1.807) is 36.4 Å². The van der Waals surface area contributed by atoms with Crippen LogP contribution in [0.25, 0.3) is 0 Å². The number of benzene rings is 2. The number of allylic oxidation sites excluding steroid dienone is 2. The Morgan fingerprint density at radius 1 is 1.03 bits per heavy atom. The summed E-state index contributed by atoms with van der Waals surface area (Å²) < 4.78 is 0. The van der Waals surface area contributed by atoms with Gasteiger partial charge in [0, 0.05) is 16.3 Å². The van der Waals surface area contributed by atoms with Crippen LogP contribution in [0.5, 0.6) is 0 Å². The summed E-state index contributed by atoms with van der Waals surface area (Å²) in [5.41, 5.74) is 3.63. The zero-order valence-electron chi connectivity index (χ0n) is 16.2. The number of hydrogen-bond acceptors (Lipinski definition) is 3. The summed E-state index contributed by atoms with van der Waals surface area (Å²) in [7, 11) is 0. The van der Waals surface area contributed by atoms with Gasteiger partial charge in [-0.05, 0) is 68.7 Å². The molecule has 2 aromatic rings. The van der Waals surface area contributed by atoms with Crippen LogP contribution >= 0.6 is 11.6 Å². The second-order valence-electron chi connectivity index (χ2n) is 7.68. The van der Waals surface area contributed by atoms with E-state index in [2.05, 4.69) is 5.32 Å². The molecule has 0 aromatic heterocycles. The normalized spacial score (nSPS) is 21.1. The van der Waals surface area contributed by atoms with E-state index in [9.17, 15) is 14.4 Å². The van der Waals surface area contributed by atoms with E-state index in [4.69, 9.17) is 11.6 Å². The number of nitrogens with zero attached hydrogens (tertiary/aromatic N) is 1. The summed E-state index contributed by atoms with van der Waals surface area (Å²) in [6.07, 6.45) is 3.28. The van der Waals surface area contributed by atoms with Gasteiger partial charge in [-0.15, -0.1) is 0 Å². The van der Waals surface area contributed by atoms with Crippen LogP contribution in [0.2, 0.25) is 5.02 Å². The molecular weight excluding hydrogens is 388 g/mol. The lowest BCUT2D eigenvalue weighted by atomic mass is 9.82. The fourth-order valence-corrected chi connectivity index (χ4v) is 4.15. The third kappa shape index (κ3) is 3.58. The number of amides is 3. The molecule has 5 nitrogen and oxygen atoms in total. The molecule has 1 fully saturated rings. The highest BCUT2D eigenvalue weighted by Crippen LogP contribution is 2.39. The number of nitrogens with one attached hydrogen (secondary N) is 1. The van der Waals surface area contributed by atoms with Gasteiger partial charge in [0.15, 0.2) is 0 Å². The molecule has 1 heterocycles. The van der Waals surface area contributed by atoms with Gasteiger partial charge >= 0.3 is 0 Å². The number of fused-ring (bicyclic) bond motifs is 1. The first-order chi connectivity index (χ1) is 13.8.